The van der Waals surface area contributed by atoms with Crippen LogP contribution in [-0.2, 0) is 5.41 Å². The zero-order valence-electron chi connectivity index (χ0n) is 12.9. The van der Waals surface area contributed by atoms with Crippen LogP contribution in [0.1, 0.15) is 35.7 Å². The largest absolute Gasteiger partial charge is 0.389 e. The molecule has 0 bridgehead atoms. The number of nitrogens with two attached hydrogens (primary N) is 1. The fourth-order valence-electron chi connectivity index (χ4n) is 2.35. The van der Waals surface area contributed by atoms with Gasteiger partial charge in [0.25, 0.3) is 0 Å². The first kappa shape index (κ1) is 15.9. The third-order valence-electron chi connectivity index (χ3n) is 3.48. The van der Waals surface area contributed by atoms with Crippen molar-refractivity contribution in [3.63, 3.8) is 0 Å². The van der Waals surface area contributed by atoms with Crippen LogP contribution >= 0.6 is 23.6 Å². The summed E-state index contributed by atoms with van der Waals surface area (Å²) in [5, 5.41) is 5.61. The summed E-state index contributed by atoms with van der Waals surface area (Å²) in [6.45, 7) is 9.19. The summed E-state index contributed by atoms with van der Waals surface area (Å²) in [7, 11) is 0. The standard InChI is InChI=1S/C16H21N3S2/c1-10-8-12(14(15(17)20)11(2)19-10)18-9-16(3,4)13-6-5-7-21-13/h5-8H,9H2,1-4H3,(H2,17,20)(H,18,19). The molecule has 3 N–H and O–H groups in total. The van der Waals surface area contributed by atoms with E-state index in [1.54, 1.807) is 11.3 Å². The van der Waals surface area contributed by atoms with E-state index in [0.717, 1.165) is 29.2 Å². The Balaban J connectivity index is 2.26. The second-order valence-corrected chi connectivity index (χ2v) is 7.24. The van der Waals surface area contributed by atoms with Crippen LogP contribution in [0.5, 0.6) is 0 Å². The van der Waals surface area contributed by atoms with E-state index in [9.17, 15) is 0 Å². The van der Waals surface area contributed by atoms with Gasteiger partial charge in [0.1, 0.15) is 4.99 Å². The molecule has 0 unspecified atom stereocenters. The van der Waals surface area contributed by atoms with Crippen LogP contribution in [0, 0.1) is 13.8 Å². The number of aromatic nitrogens is 1. The first-order valence-corrected chi connectivity index (χ1v) is 8.16. The second-order valence-electron chi connectivity index (χ2n) is 5.85. The van der Waals surface area contributed by atoms with Gasteiger partial charge in [0.15, 0.2) is 0 Å². The van der Waals surface area contributed by atoms with Gasteiger partial charge in [0.2, 0.25) is 0 Å². The molecule has 2 aromatic heterocycles. The van der Waals surface area contributed by atoms with Crippen LogP contribution in [0.3, 0.4) is 0 Å². The molecular formula is C16H21N3S2. The molecule has 2 rings (SSSR count). The number of aryl methyl sites for hydroxylation is 2. The summed E-state index contributed by atoms with van der Waals surface area (Å²) < 4.78 is 0. The summed E-state index contributed by atoms with van der Waals surface area (Å²) in [6, 6.07) is 6.26. The normalized spacial score (nSPS) is 11.4. The van der Waals surface area contributed by atoms with Crippen molar-refractivity contribution in [1.82, 2.24) is 4.98 Å². The molecule has 2 aromatic rings. The highest BCUT2D eigenvalue weighted by atomic mass is 32.1. The minimum absolute atomic E-state index is 0.0483. The second kappa shape index (κ2) is 6.12. The van der Waals surface area contributed by atoms with Crippen LogP contribution < -0.4 is 11.1 Å². The molecule has 0 saturated heterocycles. The molecule has 0 amide bonds. The lowest BCUT2D eigenvalue weighted by Gasteiger charge is -2.25. The monoisotopic (exact) mass is 319 g/mol. The highest BCUT2D eigenvalue weighted by Gasteiger charge is 2.22. The van der Waals surface area contributed by atoms with Gasteiger partial charge in [-0.05, 0) is 31.4 Å². The molecule has 0 atom stereocenters. The molecule has 5 heteroatoms. The molecule has 0 radical (unpaired) electrons. The minimum Gasteiger partial charge on any atom is -0.389 e. The molecule has 0 saturated carbocycles. The molecule has 3 nitrogen and oxygen atoms in total. The third kappa shape index (κ3) is 3.60. The van der Waals surface area contributed by atoms with E-state index in [4.69, 9.17) is 18.0 Å². The Bertz CT molecular complexity index is 646. The first-order chi connectivity index (χ1) is 9.81. The maximum absolute atomic E-state index is 5.85. The van der Waals surface area contributed by atoms with Crippen LogP contribution in [0.4, 0.5) is 5.69 Å². The van der Waals surface area contributed by atoms with Crippen LogP contribution in [0.25, 0.3) is 0 Å². The Kier molecular flexibility index (Phi) is 4.64. The average Bonchev–Trinajstić information content (AvgIpc) is 2.89. The molecule has 0 aliphatic carbocycles. The Labute approximate surface area is 135 Å². The number of hydrogen-bond acceptors (Lipinski definition) is 4. The third-order valence-corrected chi connectivity index (χ3v) is 4.92. The van der Waals surface area contributed by atoms with Crippen LogP contribution in [-0.4, -0.2) is 16.5 Å². The summed E-state index contributed by atoms with van der Waals surface area (Å²) >= 11 is 6.95. The van der Waals surface area contributed by atoms with E-state index in [2.05, 4.69) is 41.7 Å². The molecule has 0 aromatic carbocycles. The maximum Gasteiger partial charge on any atom is 0.107 e. The van der Waals surface area contributed by atoms with Crippen LogP contribution in [0.2, 0.25) is 0 Å². The van der Waals surface area contributed by atoms with E-state index in [0.29, 0.717) is 4.99 Å². The average molecular weight is 319 g/mol. The number of nitrogens with one attached hydrogen (secondary N) is 1. The number of pyridine rings is 1. The van der Waals surface area contributed by atoms with E-state index in [-0.39, 0.29) is 5.41 Å². The Morgan fingerprint density at radius 2 is 2.14 bits per heavy atom. The molecule has 0 aliphatic rings. The van der Waals surface area contributed by atoms with Gasteiger partial charge in [0.05, 0.1) is 5.56 Å². The lowest BCUT2D eigenvalue weighted by atomic mass is 9.91. The van der Waals surface area contributed by atoms with Crippen molar-refractivity contribution >= 4 is 34.2 Å². The summed E-state index contributed by atoms with van der Waals surface area (Å²) in [5.74, 6) is 0. The number of rotatable bonds is 5. The van der Waals surface area contributed by atoms with Gasteiger partial charge >= 0.3 is 0 Å². The van der Waals surface area contributed by atoms with Crippen molar-refractivity contribution in [3.8, 4) is 0 Å². The maximum atomic E-state index is 5.85. The smallest absolute Gasteiger partial charge is 0.107 e. The van der Waals surface area contributed by atoms with Gasteiger partial charge in [-0.2, -0.15) is 0 Å². The SMILES string of the molecule is Cc1cc(NCC(C)(C)c2cccs2)c(C(N)=S)c(C)n1. The molecule has 0 aliphatic heterocycles. The van der Waals surface area contributed by atoms with Gasteiger partial charge in [-0.3, -0.25) is 4.98 Å². The van der Waals surface area contributed by atoms with Crippen LogP contribution in [0.15, 0.2) is 23.6 Å². The van der Waals surface area contributed by atoms with Crippen molar-refractivity contribution in [2.75, 3.05) is 11.9 Å². The van der Waals surface area contributed by atoms with Gasteiger partial charge in [-0.25, -0.2) is 0 Å². The predicted octanol–water partition coefficient (Wildman–Crippen LogP) is 3.78. The predicted molar refractivity (Wildman–Crippen MR) is 95.4 cm³/mol. The van der Waals surface area contributed by atoms with E-state index in [1.807, 2.05) is 19.9 Å². The summed E-state index contributed by atoms with van der Waals surface area (Å²) in [6.07, 6.45) is 0. The Morgan fingerprint density at radius 1 is 1.43 bits per heavy atom. The van der Waals surface area contributed by atoms with Crippen molar-refractivity contribution < 1.29 is 0 Å². The molecule has 112 valence electrons. The Hall–Kier alpha value is -1.46. The number of hydrogen-bond donors (Lipinski definition) is 2. The van der Waals surface area contributed by atoms with Gasteiger partial charge in [0, 0.05) is 33.9 Å². The molecule has 2 heterocycles. The van der Waals surface area contributed by atoms with E-state index >= 15 is 0 Å². The lowest BCUT2D eigenvalue weighted by Crippen LogP contribution is -2.28. The lowest BCUT2D eigenvalue weighted by molar-refractivity contribution is 0.569. The molecule has 0 fully saturated rings. The molecular weight excluding hydrogens is 298 g/mol. The van der Waals surface area contributed by atoms with Gasteiger partial charge in [-0.15, -0.1) is 11.3 Å². The van der Waals surface area contributed by atoms with E-state index < -0.39 is 0 Å². The van der Waals surface area contributed by atoms with Gasteiger partial charge in [-0.1, -0.05) is 32.1 Å². The highest BCUT2D eigenvalue weighted by molar-refractivity contribution is 7.80. The minimum atomic E-state index is 0.0483. The number of thiophene rings is 1. The zero-order chi connectivity index (χ0) is 15.6. The molecule has 21 heavy (non-hydrogen) atoms. The number of thiocarbonyl (C=S) groups is 1. The van der Waals surface area contributed by atoms with Gasteiger partial charge < -0.3 is 11.1 Å². The quantitative estimate of drug-likeness (QED) is 0.823. The Morgan fingerprint density at radius 3 is 2.71 bits per heavy atom. The summed E-state index contributed by atoms with van der Waals surface area (Å²) in [5.41, 5.74) is 9.55. The number of nitrogens with zero attached hydrogens (tertiary/aromatic N) is 1. The molecule has 0 spiro atoms. The zero-order valence-corrected chi connectivity index (χ0v) is 14.5. The number of anilines is 1. The first-order valence-electron chi connectivity index (χ1n) is 6.87. The van der Waals surface area contributed by atoms with Crippen molar-refractivity contribution in [1.29, 1.82) is 0 Å². The highest BCUT2D eigenvalue weighted by Crippen LogP contribution is 2.29. The fraction of sp³-hybridized carbons (Fsp3) is 0.375. The summed E-state index contributed by atoms with van der Waals surface area (Å²) in [4.78, 5) is 6.19. The fourth-order valence-corrected chi connectivity index (χ4v) is 3.46. The van der Waals surface area contributed by atoms with Crippen molar-refractivity contribution in [2.24, 2.45) is 5.73 Å². The van der Waals surface area contributed by atoms with E-state index in [1.165, 1.54) is 4.88 Å². The topological polar surface area (TPSA) is 50.9 Å². The van der Waals surface area contributed by atoms with Crippen molar-refractivity contribution in [2.45, 2.75) is 33.1 Å². The van der Waals surface area contributed by atoms with Crippen molar-refractivity contribution in [3.05, 3.63) is 45.4 Å².